The maximum atomic E-state index is 13.2. The van der Waals surface area contributed by atoms with Crippen molar-refractivity contribution in [2.75, 3.05) is 38.1 Å². The zero-order valence-corrected chi connectivity index (χ0v) is 24.0. The second kappa shape index (κ2) is 15.5. The number of anilines is 1. The molecule has 0 aliphatic carbocycles. The maximum absolute atomic E-state index is 13.2. The summed E-state index contributed by atoms with van der Waals surface area (Å²) in [6.45, 7) is 9.74. The van der Waals surface area contributed by atoms with Crippen LogP contribution in [0, 0.1) is 5.92 Å². The van der Waals surface area contributed by atoms with Crippen LogP contribution in [0.1, 0.15) is 71.3 Å². The first-order valence-corrected chi connectivity index (χ1v) is 14.7. The Morgan fingerprint density at radius 1 is 0.974 bits per heavy atom. The van der Waals surface area contributed by atoms with Crippen LogP contribution in [0.25, 0.3) is 11.1 Å². The van der Waals surface area contributed by atoms with Gasteiger partial charge in [-0.2, -0.15) is 0 Å². The lowest BCUT2D eigenvalue weighted by atomic mass is 9.97. The van der Waals surface area contributed by atoms with Crippen molar-refractivity contribution in [2.45, 2.75) is 78.2 Å². The molecule has 0 bridgehead atoms. The van der Waals surface area contributed by atoms with Crippen LogP contribution in [-0.4, -0.2) is 56.1 Å². The van der Waals surface area contributed by atoms with E-state index in [0.717, 1.165) is 67.7 Å². The van der Waals surface area contributed by atoms with Gasteiger partial charge >= 0.3 is 6.03 Å². The van der Waals surface area contributed by atoms with Crippen molar-refractivity contribution in [3.05, 3.63) is 54.1 Å². The first-order valence-electron chi connectivity index (χ1n) is 14.7. The largest absolute Gasteiger partial charge is 0.341 e. The average molecular weight is 521 g/mol. The van der Waals surface area contributed by atoms with Crippen LogP contribution in [0.15, 0.2) is 48.5 Å². The fourth-order valence-corrected chi connectivity index (χ4v) is 5.07. The van der Waals surface area contributed by atoms with Crippen molar-refractivity contribution >= 4 is 17.6 Å². The van der Waals surface area contributed by atoms with E-state index in [1.807, 2.05) is 24.1 Å². The van der Waals surface area contributed by atoms with Gasteiger partial charge in [0.05, 0.1) is 6.04 Å². The van der Waals surface area contributed by atoms with E-state index >= 15 is 0 Å². The molecule has 2 N–H and O–H groups in total. The van der Waals surface area contributed by atoms with E-state index < -0.39 is 0 Å². The zero-order chi connectivity index (χ0) is 27.3. The van der Waals surface area contributed by atoms with Gasteiger partial charge in [-0.05, 0) is 67.0 Å². The molecule has 1 saturated heterocycles. The van der Waals surface area contributed by atoms with Crippen molar-refractivity contribution in [1.29, 1.82) is 0 Å². The molecule has 208 valence electrons. The molecule has 1 fully saturated rings. The number of benzene rings is 2. The molecule has 0 aromatic heterocycles. The number of nitrogens with zero attached hydrogens (tertiary/aromatic N) is 2. The highest BCUT2D eigenvalue weighted by Gasteiger charge is 2.26. The van der Waals surface area contributed by atoms with Crippen molar-refractivity contribution in [2.24, 2.45) is 5.92 Å². The fraction of sp³-hybridized carbons (Fsp3) is 0.562. The van der Waals surface area contributed by atoms with Gasteiger partial charge in [-0.1, -0.05) is 82.9 Å². The molecule has 0 spiro atoms. The lowest BCUT2D eigenvalue weighted by Gasteiger charge is -2.33. The first kappa shape index (κ1) is 29.7. The van der Waals surface area contributed by atoms with Crippen molar-refractivity contribution in [1.82, 2.24) is 15.5 Å². The van der Waals surface area contributed by atoms with Crippen LogP contribution in [0.3, 0.4) is 0 Å². The third-order valence-corrected chi connectivity index (χ3v) is 7.67. The van der Waals surface area contributed by atoms with E-state index in [2.05, 4.69) is 67.8 Å². The van der Waals surface area contributed by atoms with Crippen molar-refractivity contribution < 1.29 is 9.59 Å². The number of urea groups is 1. The normalized spacial score (nSPS) is 14.8. The van der Waals surface area contributed by atoms with E-state index in [9.17, 15) is 9.59 Å². The molecule has 1 aliphatic rings. The van der Waals surface area contributed by atoms with Gasteiger partial charge in [-0.3, -0.25) is 9.69 Å². The first-order chi connectivity index (χ1) is 18.4. The number of rotatable bonds is 13. The summed E-state index contributed by atoms with van der Waals surface area (Å²) in [5.74, 6) is 0.926. The Morgan fingerprint density at radius 3 is 2.37 bits per heavy atom. The molecule has 2 aromatic carbocycles. The van der Waals surface area contributed by atoms with E-state index in [1.54, 1.807) is 4.90 Å². The maximum Gasteiger partial charge on any atom is 0.321 e. The summed E-state index contributed by atoms with van der Waals surface area (Å²) >= 11 is 0. The van der Waals surface area contributed by atoms with Gasteiger partial charge in [0.2, 0.25) is 5.91 Å². The second-order valence-corrected chi connectivity index (χ2v) is 10.8. The Balaban J connectivity index is 1.59. The zero-order valence-electron chi connectivity index (χ0n) is 24.0. The lowest BCUT2D eigenvalue weighted by molar-refractivity contribution is -0.134. The Hall–Kier alpha value is -2.86. The SMILES string of the molecule is CCCCCCCNC(=O)N(C)c1cccc(-c2ccc(CC(NCC)C(=O)N3CCC(C)CC3)cc2)c1. The summed E-state index contributed by atoms with van der Waals surface area (Å²) in [6, 6.07) is 16.3. The Bertz CT molecular complexity index is 999. The van der Waals surface area contributed by atoms with Gasteiger partial charge in [0, 0.05) is 32.4 Å². The van der Waals surface area contributed by atoms with Crippen LogP contribution in [0.2, 0.25) is 0 Å². The highest BCUT2D eigenvalue weighted by molar-refractivity contribution is 5.92. The smallest absolute Gasteiger partial charge is 0.321 e. The van der Waals surface area contributed by atoms with Gasteiger partial charge in [0.25, 0.3) is 0 Å². The van der Waals surface area contributed by atoms with Crippen LogP contribution in [0.4, 0.5) is 10.5 Å². The summed E-state index contributed by atoms with van der Waals surface area (Å²) in [5, 5.41) is 6.45. The lowest BCUT2D eigenvalue weighted by Crippen LogP contribution is -2.50. The molecule has 1 atom stereocenters. The van der Waals surface area contributed by atoms with Crippen LogP contribution < -0.4 is 15.5 Å². The summed E-state index contributed by atoms with van der Waals surface area (Å²) < 4.78 is 0. The third kappa shape index (κ3) is 8.87. The molecule has 38 heavy (non-hydrogen) atoms. The minimum Gasteiger partial charge on any atom is -0.341 e. The monoisotopic (exact) mass is 520 g/mol. The minimum atomic E-state index is -0.193. The van der Waals surface area contributed by atoms with E-state index in [1.165, 1.54) is 19.3 Å². The molecule has 2 aromatic rings. The van der Waals surface area contributed by atoms with Gasteiger partial charge in [0.1, 0.15) is 0 Å². The van der Waals surface area contributed by atoms with Crippen LogP contribution in [0.5, 0.6) is 0 Å². The highest BCUT2D eigenvalue weighted by Crippen LogP contribution is 2.25. The molecule has 0 radical (unpaired) electrons. The molecular weight excluding hydrogens is 472 g/mol. The molecule has 1 heterocycles. The number of carbonyl (C=O) groups excluding carboxylic acids is 2. The quantitative estimate of drug-likeness (QED) is 0.307. The van der Waals surface area contributed by atoms with E-state index in [0.29, 0.717) is 18.9 Å². The molecule has 0 saturated carbocycles. The molecule has 1 unspecified atom stereocenters. The molecule has 1 aliphatic heterocycles. The number of hydrogen-bond acceptors (Lipinski definition) is 3. The molecule has 6 nitrogen and oxygen atoms in total. The summed E-state index contributed by atoms with van der Waals surface area (Å²) in [5.41, 5.74) is 4.17. The topological polar surface area (TPSA) is 64.7 Å². The molecule has 3 amide bonds. The van der Waals surface area contributed by atoms with Gasteiger partial charge < -0.3 is 15.5 Å². The minimum absolute atomic E-state index is 0.0738. The summed E-state index contributed by atoms with van der Waals surface area (Å²) in [4.78, 5) is 29.6. The average Bonchev–Trinajstić information content (AvgIpc) is 2.94. The number of unbranched alkanes of at least 4 members (excludes halogenated alkanes) is 4. The van der Waals surface area contributed by atoms with Gasteiger partial charge in [0.15, 0.2) is 0 Å². The van der Waals surface area contributed by atoms with E-state index in [-0.39, 0.29) is 18.0 Å². The van der Waals surface area contributed by atoms with Crippen molar-refractivity contribution in [3.63, 3.8) is 0 Å². The van der Waals surface area contributed by atoms with Crippen molar-refractivity contribution in [3.8, 4) is 11.1 Å². The molecule has 3 rings (SSSR count). The predicted octanol–water partition coefficient (Wildman–Crippen LogP) is 6.25. The molecule has 6 heteroatoms. The number of likely N-dealkylation sites (N-methyl/N-ethyl adjacent to an activating group) is 1. The fourth-order valence-electron chi connectivity index (χ4n) is 5.07. The Kier molecular flexibility index (Phi) is 12.1. The summed E-state index contributed by atoms with van der Waals surface area (Å²) in [6.07, 6.45) is 8.75. The second-order valence-electron chi connectivity index (χ2n) is 10.8. The number of carbonyl (C=O) groups is 2. The number of amides is 3. The number of hydrogen-bond donors (Lipinski definition) is 2. The number of nitrogens with one attached hydrogen (secondary N) is 2. The van der Waals surface area contributed by atoms with E-state index in [4.69, 9.17) is 0 Å². The number of piperidine rings is 1. The van der Waals surface area contributed by atoms with Crippen LogP contribution >= 0.6 is 0 Å². The highest BCUT2D eigenvalue weighted by atomic mass is 16.2. The van der Waals surface area contributed by atoms with Gasteiger partial charge in [-0.25, -0.2) is 4.79 Å². The Labute approximate surface area is 230 Å². The summed E-state index contributed by atoms with van der Waals surface area (Å²) in [7, 11) is 1.81. The molecular formula is C32H48N4O2. The number of likely N-dealkylation sites (tertiary alicyclic amines) is 1. The predicted molar refractivity (Wildman–Crippen MR) is 159 cm³/mol. The standard InChI is InChI=1S/C32H48N4O2/c1-5-7-8-9-10-20-34-32(38)35(4)29-13-11-12-28(24-29)27-16-14-26(15-17-27)23-30(33-6-2)31(37)36-21-18-25(3)19-22-36/h11-17,24-25,30,33H,5-10,18-23H2,1-4H3,(H,34,38). The van der Waals surface area contributed by atoms with Gasteiger partial charge in [-0.15, -0.1) is 0 Å². The third-order valence-electron chi connectivity index (χ3n) is 7.67. The Morgan fingerprint density at radius 2 is 1.68 bits per heavy atom. The van der Waals surface area contributed by atoms with Crippen LogP contribution in [-0.2, 0) is 11.2 Å².